The highest BCUT2D eigenvalue weighted by molar-refractivity contribution is 5.96. The van der Waals surface area contributed by atoms with Crippen LogP contribution < -0.4 is 5.32 Å². The maximum atomic E-state index is 12.7. The van der Waals surface area contributed by atoms with Crippen molar-refractivity contribution in [2.24, 2.45) is 5.92 Å². The second-order valence-corrected chi connectivity index (χ2v) is 6.28. The molecule has 1 aliphatic carbocycles. The molecule has 0 radical (unpaired) electrons. The summed E-state index contributed by atoms with van der Waals surface area (Å²) in [6, 6.07) is 16.6. The highest BCUT2D eigenvalue weighted by Crippen LogP contribution is 2.30. The van der Waals surface area contributed by atoms with Gasteiger partial charge in [0.15, 0.2) is 0 Å². The fraction of sp³-hybridized carbons (Fsp3) is 0.300. The maximum absolute atomic E-state index is 12.7. The molecule has 5 nitrogen and oxygen atoms in total. The van der Waals surface area contributed by atoms with Crippen molar-refractivity contribution >= 4 is 17.5 Å². The molecule has 2 N–H and O–H groups in total. The Kier molecular flexibility index (Phi) is 5.46. The number of aliphatic hydroxyl groups is 1. The van der Waals surface area contributed by atoms with Crippen LogP contribution in [-0.4, -0.2) is 35.0 Å². The molecule has 0 aromatic heterocycles. The Morgan fingerprint density at radius 3 is 2.32 bits per heavy atom. The molecule has 1 aliphatic rings. The van der Waals surface area contributed by atoms with Gasteiger partial charge in [-0.2, -0.15) is 0 Å². The van der Waals surface area contributed by atoms with Gasteiger partial charge in [-0.3, -0.25) is 9.59 Å². The average Bonchev–Trinajstić information content (AvgIpc) is 3.47. The smallest absolute Gasteiger partial charge is 0.254 e. The number of carbonyl (C=O) groups excluding carboxylic acids is 2. The second kappa shape index (κ2) is 7.94. The van der Waals surface area contributed by atoms with Gasteiger partial charge in [-0.15, -0.1) is 0 Å². The van der Waals surface area contributed by atoms with Gasteiger partial charge < -0.3 is 15.3 Å². The second-order valence-electron chi connectivity index (χ2n) is 6.28. The predicted octanol–water partition coefficient (Wildman–Crippen LogP) is 2.67. The number of hydrogen-bond acceptors (Lipinski definition) is 3. The zero-order valence-electron chi connectivity index (χ0n) is 14.0. The van der Waals surface area contributed by atoms with Crippen molar-refractivity contribution in [3.8, 4) is 0 Å². The van der Waals surface area contributed by atoms with E-state index < -0.39 is 0 Å². The minimum absolute atomic E-state index is 0.0464. The zero-order chi connectivity index (χ0) is 17.6. The molecule has 1 fully saturated rings. The summed E-state index contributed by atoms with van der Waals surface area (Å²) < 4.78 is 0. The van der Waals surface area contributed by atoms with Crippen LogP contribution in [0.25, 0.3) is 0 Å². The molecule has 0 bridgehead atoms. The van der Waals surface area contributed by atoms with E-state index in [0.717, 1.165) is 18.4 Å². The molecule has 0 unspecified atom stereocenters. The Bertz CT molecular complexity index is 724. The highest BCUT2D eigenvalue weighted by Gasteiger charge is 2.29. The van der Waals surface area contributed by atoms with E-state index >= 15 is 0 Å². The van der Waals surface area contributed by atoms with Crippen LogP contribution in [0.5, 0.6) is 0 Å². The van der Waals surface area contributed by atoms with Crippen LogP contribution >= 0.6 is 0 Å². The molecule has 2 aromatic carbocycles. The molecule has 0 aliphatic heterocycles. The summed E-state index contributed by atoms with van der Waals surface area (Å²) in [6.45, 7) is 0.627. The Morgan fingerprint density at radius 2 is 1.72 bits per heavy atom. The Balaban J connectivity index is 1.67. The summed E-state index contributed by atoms with van der Waals surface area (Å²) >= 11 is 0. The molecular formula is C20H22N2O3. The van der Waals surface area contributed by atoms with Crippen molar-refractivity contribution in [1.82, 2.24) is 4.90 Å². The monoisotopic (exact) mass is 338 g/mol. The number of anilines is 1. The third-order valence-corrected chi connectivity index (χ3v) is 4.22. The van der Waals surface area contributed by atoms with Crippen LogP contribution in [0, 0.1) is 5.92 Å². The molecule has 25 heavy (non-hydrogen) atoms. The zero-order valence-corrected chi connectivity index (χ0v) is 14.0. The summed E-state index contributed by atoms with van der Waals surface area (Å²) in [5.41, 5.74) is 2.25. The molecule has 130 valence electrons. The maximum Gasteiger partial charge on any atom is 0.254 e. The molecule has 0 atom stereocenters. The van der Waals surface area contributed by atoms with Gasteiger partial charge in [0.2, 0.25) is 5.91 Å². The molecule has 5 heteroatoms. The normalized spacial score (nSPS) is 13.3. The van der Waals surface area contributed by atoms with Crippen molar-refractivity contribution in [3.05, 3.63) is 65.7 Å². The predicted molar refractivity (Wildman–Crippen MR) is 96.1 cm³/mol. The Labute approximate surface area is 147 Å². The molecule has 0 saturated heterocycles. The standard InChI is InChI=1S/C20H22N2O3/c23-13-12-22(14-15-4-2-1-3-5-15)20(25)17-8-10-18(11-9-17)21-19(24)16-6-7-16/h1-5,8-11,16,23H,6-7,12-14H2,(H,21,24). The van der Waals surface area contributed by atoms with E-state index in [4.69, 9.17) is 0 Å². The minimum atomic E-state index is -0.141. The summed E-state index contributed by atoms with van der Waals surface area (Å²) in [5, 5.41) is 12.1. The van der Waals surface area contributed by atoms with E-state index in [1.54, 1.807) is 29.2 Å². The number of hydrogen-bond donors (Lipinski definition) is 2. The molecule has 3 rings (SSSR count). The van der Waals surface area contributed by atoms with Gasteiger partial charge in [-0.1, -0.05) is 30.3 Å². The third kappa shape index (κ3) is 4.67. The van der Waals surface area contributed by atoms with Crippen LogP contribution in [0.1, 0.15) is 28.8 Å². The first-order chi connectivity index (χ1) is 12.2. The van der Waals surface area contributed by atoms with Crippen LogP contribution in [0.4, 0.5) is 5.69 Å². The van der Waals surface area contributed by atoms with Crippen LogP contribution in [0.15, 0.2) is 54.6 Å². The van der Waals surface area contributed by atoms with E-state index in [9.17, 15) is 14.7 Å². The molecule has 0 heterocycles. The molecule has 0 spiro atoms. The lowest BCUT2D eigenvalue weighted by Crippen LogP contribution is -2.33. The minimum Gasteiger partial charge on any atom is -0.395 e. The number of nitrogens with zero attached hydrogens (tertiary/aromatic N) is 1. The number of nitrogens with one attached hydrogen (secondary N) is 1. The quantitative estimate of drug-likeness (QED) is 0.815. The lowest BCUT2D eigenvalue weighted by molar-refractivity contribution is -0.117. The Morgan fingerprint density at radius 1 is 1.04 bits per heavy atom. The van der Waals surface area contributed by atoms with Crippen molar-refractivity contribution in [2.45, 2.75) is 19.4 Å². The summed E-state index contributed by atoms with van der Waals surface area (Å²) in [5.74, 6) is 0.0512. The molecule has 2 aromatic rings. The van der Waals surface area contributed by atoms with E-state index in [1.165, 1.54) is 0 Å². The molecule has 2 amide bonds. The average molecular weight is 338 g/mol. The van der Waals surface area contributed by atoms with Gasteiger partial charge in [-0.25, -0.2) is 0 Å². The number of aliphatic hydroxyl groups excluding tert-OH is 1. The highest BCUT2D eigenvalue weighted by atomic mass is 16.3. The van der Waals surface area contributed by atoms with Gasteiger partial charge in [0.05, 0.1) is 6.61 Å². The van der Waals surface area contributed by atoms with Crippen LogP contribution in [0.2, 0.25) is 0 Å². The number of carbonyl (C=O) groups is 2. The van der Waals surface area contributed by atoms with Gasteiger partial charge in [0.25, 0.3) is 5.91 Å². The van der Waals surface area contributed by atoms with Crippen molar-refractivity contribution in [1.29, 1.82) is 0 Å². The number of rotatable bonds is 7. The van der Waals surface area contributed by atoms with Gasteiger partial charge in [0.1, 0.15) is 0 Å². The molecular weight excluding hydrogens is 316 g/mol. The first-order valence-electron chi connectivity index (χ1n) is 8.52. The summed E-state index contributed by atoms with van der Waals surface area (Å²) in [7, 11) is 0. The first kappa shape index (κ1) is 17.2. The van der Waals surface area contributed by atoms with E-state index in [1.807, 2.05) is 30.3 Å². The van der Waals surface area contributed by atoms with Crippen LogP contribution in [-0.2, 0) is 11.3 Å². The fourth-order valence-corrected chi connectivity index (χ4v) is 2.65. The summed E-state index contributed by atoms with van der Waals surface area (Å²) in [6.07, 6.45) is 1.91. The van der Waals surface area contributed by atoms with E-state index in [2.05, 4.69) is 5.32 Å². The Hall–Kier alpha value is -2.66. The van der Waals surface area contributed by atoms with E-state index in [-0.39, 0.29) is 30.9 Å². The lowest BCUT2D eigenvalue weighted by atomic mass is 10.1. The summed E-state index contributed by atoms with van der Waals surface area (Å²) in [4.78, 5) is 26.1. The number of benzene rings is 2. The van der Waals surface area contributed by atoms with Crippen molar-refractivity contribution in [2.75, 3.05) is 18.5 Å². The third-order valence-electron chi connectivity index (χ3n) is 4.22. The van der Waals surface area contributed by atoms with Gasteiger partial charge in [0, 0.05) is 30.3 Å². The SMILES string of the molecule is O=C(Nc1ccc(C(=O)N(CCO)Cc2ccccc2)cc1)C1CC1. The van der Waals surface area contributed by atoms with Crippen molar-refractivity contribution < 1.29 is 14.7 Å². The van der Waals surface area contributed by atoms with Gasteiger partial charge in [-0.05, 0) is 42.7 Å². The number of amides is 2. The topological polar surface area (TPSA) is 69.6 Å². The molecule has 1 saturated carbocycles. The lowest BCUT2D eigenvalue weighted by Gasteiger charge is -2.22. The largest absolute Gasteiger partial charge is 0.395 e. The first-order valence-corrected chi connectivity index (χ1v) is 8.52. The van der Waals surface area contributed by atoms with E-state index in [0.29, 0.717) is 17.8 Å². The van der Waals surface area contributed by atoms with Gasteiger partial charge >= 0.3 is 0 Å². The fourth-order valence-electron chi connectivity index (χ4n) is 2.65. The van der Waals surface area contributed by atoms with Crippen LogP contribution in [0.3, 0.4) is 0 Å². The van der Waals surface area contributed by atoms with Crippen molar-refractivity contribution in [3.63, 3.8) is 0 Å².